The van der Waals surface area contributed by atoms with E-state index in [1.807, 2.05) is 37.3 Å². The van der Waals surface area contributed by atoms with Crippen LogP contribution in [0.1, 0.15) is 35.2 Å². The van der Waals surface area contributed by atoms with Gasteiger partial charge in [0.2, 0.25) is 5.91 Å². The summed E-state index contributed by atoms with van der Waals surface area (Å²) in [6.07, 6.45) is 0.573. The van der Waals surface area contributed by atoms with E-state index in [2.05, 4.69) is 15.8 Å². The highest BCUT2D eigenvalue weighted by molar-refractivity contribution is 6.05. The van der Waals surface area contributed by atoms with Crippen molar-refractivity contribution in [2.45, 2.75) is 25.0 Å². The number of benzene rings is 2. The number of ether oxygens (including phenoxy) is 1. The fourth-order valence-corrected chi connectivity index (χ4v) is 3.77. The Hall–Kier alpha value is -3.35. The fraction of sp³-hybridized carbons (Fsp3) is 0.250. The van der Waals surface area contributed by atoms with E-state index in [-0.39, 0.29) is 23.6 Å². The van der Waals surface area contributed by atoms with Crippen molar-refractivity contribution in [2.24, 2.45) is 16.8 Å². The monoisotopic (exact) mass is 364 g/mol. The molecule has 0 radical (unpaired) electrons. The van der Waals surface area contributed by atoms with Crippen molar-refractivity contribution in [1.29, 1.82) is 0 Å². The summed E-state index contributed by atoms with van der Waals surface area (Å²) in [6.45, 7) is 1.84. The number of nitrogens with two attached hydrogens (primary N) is 1. The molecule has 2 aliphatic rings. The minimum Gasteiger partial charge on any atom is -0.468 e. The first-order chi connectivity index (χ1) is 13.0. The van der Waals surface area contributed by atoms with Crippen LogP contribution in [0.2, 0.25) is 0 Å². The number of hydrogen-bond acceptors (Lipinski definition) is 4. The van der Waals surface area contributed by atoms with Gasteiger partial charge in [0, 0.05) is 17.9 Å². The summed E-state index contributed by atoms with van der Waals surface area (Å²) < 4.78 is 5.96. The zero-order chi connectivity index (χ0) is 19.0. The van der Waals surface area contributed by atoms with Crippen LogP contribution in [0.25, 0.3) is 0 Å². The Morgan fingerprint density at radius 1 is 1.22 bits per heavy atom. The molecule has 2 aliphatic heterocycles. The second kappa shape index (κ2) is 6.42. The van der Waals surface area contributed by atoms with Gasteiger partial charge in [-0.15, -0.1) is 0 Å². The summed E-state index contributed by atoms with van der Waals surface area (Å²) in [5.41, 5.74) is 9.18. The van der Waals surface area contributed by atoms with Gasteiger partial charge >= 0.3 is 0 Å². The molecule has 1 fully saturated rings. The quantitative estimate of drug-likeness (QED) is 0.438. The maximum absolute atomic E-state index is 12.7. The fourth-order valence-electron chi connectivity index (χ4n) is 3.77. The molecule has 0 saturated carbocycles. The number of para-hydroxylation sites is 1. The van der Waals surface area contributed by atoms with Crippen molar-refractivity contribution in [3.63, 3.8) is 0 Å². The number of hydrazone groups is 1. The molecule has 1 saturated heterocycles. The van der Waals surface area contributed by atoms with E-state index in [1.54, 1.807) is 24.3 Å². The second-order valence-electron chi connectivity index (χ2n) is 6.99. The molecule has 7 nitrogen and oxygen atoms in total. The molecule has 2 amide bonds. The van der Waals surface area contributed by atoms with E-state index in [0.29, 0.717) is 12.0 Å². The van der Waals surface area contributed by atoms with Crippen molar-refractivity contribution in [3.8, 4) is 5.75 Å². The minimum absolute atomic E-state index is 0.0699. The zero-order valence-electron chi connectivity index (χ0n) is 14.8. The third-order valence-corrected chi connectivity index (χ3v) is 4.98. The number of nitrogens with one attached hydrogen (secondary N) is 2. The smallest absolute Gasteiger partial charge is 0.271 e. The maximum Gasteiger partial charge on any atom is 0.271 e. The molecule has 0 unspecified atom stereocenters. The Bertz CT molecular complexity index is 928. The highest BCUT2D eigenvalue weighted by atomic mass is 16.5. The number of nitrogens with zero attached hydrogens (tertiary/aromatic N) is 1. The molecular weight excluding hydrogens is 344 g/mol. The van der Waals surface area contributed by atoms with Gasteiger partial charge in [-0.2, -0.15) is 5.10 Å². The van der Waals surface area contributed by atoms with E-state index in [1.165, 1.54) is 0 Å². The third-order valence-electron chi connectivity index (χ3n) is 4.98. The summed E-state index contributed by atoms with van der Waals surface area (Å²) in [6, 6.07) is 16.3. The van der Waals surface area contributed by atoms with Crippen molar-refractivity contribution >= 4 is 17.6 Å². The van der Waals surface area contributed by atoms with Crippen LogP contribution in [0.15, 0.2) is 59.7 Å². The molecule has 27 heavy (non-hydrogen) atoms. The standard InChI is InChI=1S/C20H20N4O3/c1-20-11-14(13-9-5-6-10-15(13)27-20)16(19(26)22-20)17(21)23-24-18(25)12-7-3-2-4-8-12/h2-10,14,16H,11H2,1H3,(H2,21,23)(H,22,26)(H,24,25)/t14-,16+,20-/m0/s1. The second-order valence-corrected chi connectivity index (χ2v) is 6.99. The van der Waals surface area contributed by atoms with Gasteiger partial charge in [-0.3, -0.25) is 9.59 Å². The molecule has 0 spiro atoms. The first kappa shape index (κ1) is 17.1. The molecule has 2 heterocycles. The molecule has 2 aromatic carbocycles. The van der Waals surface area contributed by atoms with Gasteiger partial charge in [0.05, 0.1) is 0 Å². The Labute approximate surface area is 156 Å². The van der Waals surface area contributed by atoms with E-state index in [0.717, 1.165) is 11.3 Å². The van der Waals surface area contributed by atoms with Gasteiger partial charge in [0.15, 0.2) is 5.72 Å². The molecule has 4 N–H and O–H groups in total. The van der Waals surface area contributed by atoms with Crippen LogP contribution in [-0.2, 0) is 4.79 Å². The normalized spacial score (nSPS) is 26.4. The lowest BCUT2D eigenvalue weighted by molar-refractivity contribution is -0.136. The van der Waals surface area contributed by atoms with Gasteiger partial charge in [0.25, 0.3) is 5.91 Å². The number of amidine groups is 1. The highest BCUT2D eigenvalue weighted by Crippen LogP contribution is 2.46. The number of amides is 2. The summed E-state index contributed by atoms with van der Waals surface area (Å²) in [4.78, 5) is 24.9. The molecule has 3 atom stereocenters. The van der Waals surface area contributed by atoms with Crippen LogP contribution in [0.3, 0.4) is 0 Å². The lowest BCUT2D eigenvalue weighted by Gasteiger charge is -2.46. The summed E-state index contributed by atoms with van der Waals surface area (Å²) in [5, 5.41) is 6.89. The SMILES string of the molecule is C[C@@]12C[C@@H](c3ccccc3O1)[C@H](/C(N)=N/NC(=O)c1ccccc1)C(=O)N2. The predicted octanol–water partition coefficient (Wildman–Crippen LogP) is 1.72. The molecule has 4 rings (SSSR count). The summed E-state index contributed by atoms with van der Waals surface area (Å²) in [7, 11) is 0. The Morgan fingerprint density at radius 2 is 1.93 bits per heavy atom. The van der Waals surface area contributed by atoms with Crippen LogP contribution >= 0.6 is 0 Å². The third kappa shape index (κ3) is 3.12. The molecule has 7 heteroatoms. The van der Waals surface area contributed by atoms with E-state index >= 15 is 0 Å². The lowest BCUT2D eigenvalue weighted by Crippen LogP contribution is -2.62. The average Bonchev–Trinajstić information content (AvgIpc) is 2.66. The van der Waals surface area contributed by atoms with Crippen molar-refractivity contribution in [1.82, 2.24) is 10.7 Å². The van der Waals surface area contributed by atoms with Crippen LogP contribution < -0.4 is 21.2 Å². The Morgan fingerprint density at radius 3 is 2.70 bits per heavy atom. The molecule has 2 aromatic rings. The zero-order valence-corrected chi connectivity index (χ0v) is 14.8. The van der Waals surface area contributed by atoms with Crippen molar-refractivity contribution in [2.75, 3.05) is 0 Å². The topological polar surface area (TPSA) is 106 Å². The van der Waals surface area contributed by atoms with Crippen LogP contribution in [0.4, 0.5) is 0 Å². The number of rotatable bonds is 3. The van der Waals surface area contributed by atoms with Crippen LogP contribution in [0.5, 0.6) is 5.75 Å². The van der Waals surface area contributed by atoms with Crippen molar-refractivity contribution < 1.29 is 14.3 Å². The summed E-state index contributed by atoms with van der Waals surface area (Å²) in [5.74, 6) is -0.710. The summed E-state index contributed by atoms with van der Waals surface area (Å²) >= 11 is 0. The molecule has 0 aromatic heterocycles. The number of carbonyl (C=O) groups excluding carboxylic acids is 2. The Kier molecular flexibility index (Phi) is 4.07. The largest absolute Gasteiger partial charge is 0.468 e. The van der Waals surface area contributed by atoms with Gasteiger partial charge in [-0.1, -0.05) is 36.4 Å². The number of hydrogen-bond donors (Lipinski definition) is 3. The molecule has 0 aliphatic carbocycles. The number of carbonyl (C=O) groups is 2. The highest BCUT2D eigenvalue weighted by Gasteiger charge is 2.50. The average molecular weight is 364 g/mol. The van der Waals surface area contributed by atoms with E-state index < -0.39 is 11.6 Å². The molecular formula is C20H20N4O3. The molecule has 2 bridgehead atoms. The van der Waals surface area contributed by atoms with Crippen molar-refractivity contribution in [3.05, 3.63) is 65.7 Å². The first-order valence-corrected chi connectivity index (χ1v) is 8.75. The predicted molar refractivity (Wildman–Crippen MR) is 100.0 cm³/mol. The lowest BCUT2D eigenvalue weighted by atomic mass is 9.74. The van der Waals surface area contributed by atoms with Crippen LogP contribution in [-0.4, -0.2) is 23.4 Å². The Balaban J connectivity index is 1.61. The van der Waals surface area contributed by atoms with Gasteiger partial charge in [0.1, 0.15) is 17.5 Å². The van der Waals surface area contributed by atoms with E-state index in [9.17, 15) is 9.59 Å². The van der Waals surface area contributed by atoms with E-state index in [4.69, 9.17) is 10.5 Å². The maximum atomic E-state index is 12.7. The first-order valence-electron chi connectivity index (χ1n) is 8.75. The van der Waals surface area contributed by atoms with Gasteiger partial charge in [-0.25, -0.2) is 5.43 Å². The molecule has 138 valence electrons. The van der Waals surface area contributed by atoms with Crippen LogP contribution in [0, 0.1) is 5.92 Å². The van der Waals surface area contributed by atoms with Gasteiger partial charge in [-0.05, 0) is 30.7 Å². The minimum atomic E-state index is -0.778. The number of fused-ring (bicyclic) bond motifs is 4. The number of piperidine rings is 1. The van der Waals surface area contributed by atoms with Gasteiger partial charge < -0.3 is 15.8 Å².